The summed E-state index contributed by atoms with van der Waals surface area (Å²) in [6.45, 7) is 3.47. The molecule has 0 radical (unpaired) electrons. The van der Waals surface area contributed by atoms with Gasteiger partial charge in [-0.15, -0.1) is 0 Å². The molecule has 0 bridgehead atoms. The van der Waals surface area contributed by atoms with Gasteiger partial charge in [-0.05, 0) is 30.7 Å². The second-order valence-electron chi connectivity index (χ2n) is 4.01. The zero-order valence-electron chi connectivity index (χ0n) is 7.61. The smallest absolute Gasteiger partial charge is 0.0489 e. The van der Waals surface area contributed by atoms with Crippen LogP contribution in [0.3, 0.4) is 0 Å². The van der Waals surface area contributed by atoms with Gasteiger partial charge in [-0.1, -0.05) is 13.3 Å². The van der Waals surface area contributed by atoms with Crippen LogP contribution in [0.5, 0.6) is 0 Å². The summed E-state index contributed by atoms with van der Waals surface area (Å²) in [6, 6.07) is 2.00. The number of aromatic nitrogens is 2. The minimum Gasteiger partial charge on any atom is -0.272 e. The summed E-state index contributed by atoms with van der Waals surface area (Å²) in [4.78, 5) is 0. The van der Waals surface area contributed by atoms with Gasteiger partial charge in [-0.25, -0.2) is 0 Å². The van der Waals surface area contributed by atoms with Crippen LogP contribution in [0, 0.1) is 11.8 Å². The SMILES string of the molecule is CC1CCC(Cn2cccn2)C1. The summed E-state index contributed by atoms with van der Waals surface area (Å²) in [5.41, 5.74) is 0. The summed E-state index contributed by atoms with van der Waals surface area (Å²) in [7, 11) is 0. The van der Waals surface area contributed by atoms with Crippen LogP contribution in [0.2, 0.25) is 0 Å². The van der Waals surface area contributed by atoms with Crippen molar-refractivity contribution in [2.45, 2.75) is 32.7 Å². The van der Waals surface area contributed by atoms with Crippen LogP contribution in [-0.2, 0) is 6.54 Å². The lowest BCUT2D eigenvalue weighted by atomic mass is 10.1. The van der Waals surface area contributed by atoms with Gasteiger partial charge in [-0.2, -0.15) is 5.10 Å². The molecule has 66 valence electrons. The highest BCUT2D eigenvalue weighted by atomic mass is 15.3. The van der Waals surface area contributed by atoms with Crippen molar-refractivity contribution in [3.8, 4) is 0 Å². The van der Waals surface area contributed by atoms with Crippen LogP contribution >= 0.6 is 0 Å². The summed E-state index contributed by atoms with van der Waals surface area (Å²) in [5.74, 6) is 1.81. The minimum atomic E-state index is 0.875. The summed E-state index contributed by atoms with van der Waals surface area (Å²) in [5, 5.41) is 4.22. The van der Waals surface area contributed by atoms with Crippen molar-refractivity contribution in [2.24, 2.45) is 11.8 Å². The molecular formula is C10H16N2. The molecule has 0 aliphatic heterocycles. The molecule has 1 heterocycles. The van der Waals surface area contributed by atoms with Crippen molar-refractivity contribution >= 4 is 0 Å². The van der Waals surface area contributed by atoms with Gasteiger partial charge in [0.2, 0.25) is 0 Å². The topological polar surface area (TPSA) is 17.8 Å². The van der Waals surface area contributed by atoms with E-state index in [1.165, 1.54) is 19.3 Å². The molecule has 1 fully saturated rings. The van der Waals surface area contributed by atoms with E-state index in [4.69, 9.17) is 0 Å². The van der Waals surface area contributed by atoms with E-state index in [0.717, 1.165) is 18.4 Å². The predicted octanol–water partition coefficient (Wildman–Crippen LogP) is 2.32. The Kier molecular flexibility index (Phi) is 2.15. The van der Waals surface area contributed by atoms with E-state index in [0.29, 0.717) is 0 Å². The molecule has 0 N–H and O–H groups in total. The van der Waals surface area contributed by atoms with Crippen LogP contribution in [0.4, 0.5) is 0 Å². The maximum Gasteiger partial charge on any atom is 0.0489 e. The number of rotatable bonds is 2. The van der Waals surface area contributed by atoms with E-state index in [2.05, 4.69) is 22.9 Å². The number of hydrogen-bond donors (Lipinski definition) is 0. The summed E-state index contributed by atoms with van der Waals surface area (Å²) >= 11 is 0. The molecule has 1 aromatic heterocycles. The molecule has 1 saturated carbocycles. The van der Waals surface area contributed by atoms with Crippen molar-refractivity contribution in [3.63, 3.8) is 0 Å². The van der Waals surface area contributed by atoms with E-state index >= 15 is 0 Å². The second-order valence-corrected chi connectivity index (χ2v) is 4.01. The van der Waals surface area contributed by atoms with Crippen molar-refractivity contribution in [2.75, 3.05) is 0 Å². The van der Waals surface area contributed by atoms with Crippen LogP contribution in [0.25, 0.3) is 0 Å². The fourth-order valence-electron chi connectivity index (χ4n) is 2.16. The molecule has 1 aliphatic rings. The normalized spacial score (nSPS) is 29.4. The fourth-order valence-corrected chi connectivity index (χ4v) is 2.16. The molecule has 2 nitrogen and oxygen atoms in total. The number of hydrogen-bond acceptors (Lipinski definition) is 1. The lowest BCUT2D eigenvalue weighted by molar-refractivity contribution is 0.416. The summed E-state index contributed by atoms with van der Waals surface area (Å²) < 4.78 is 2.06. The van der Waals surface area contributed by atoms with Crippen LogP contribution in [0.15, 0.2) is 18.5 Å². The van der Waals surface area contributed by atoms with Crippen LogP contribution in [0.1, 0.15) is 26.2 Å². The maximum atomic E-state index is 4.22. The minimum absolute atomic E-state index is 0.875. The van der Waals surface area contributed by atoms with Crippen LogP contribution < -0.4 is 0 Å². The highest BCUT2D eigenvalue weighted by molar-refractivity contribution is 4.80. The lowest BCUT2D eigenvalue weighted by Crippen LogP contribution is -2.07. The Morgan fingerprint density at radius 2 is 2.42 bits per heavy atom. The Hall–Kier alpha value is -0.790. The highest BCUT2D eigenvalue weighted by Crippen LogP contribution is 2.30. The first kappa shape index (κ1) is 7.84. The molecule has 0 saturated heterocycles. The van der Waals surface area contributed by atoms with Gasteiger partial charge in [0.25, 0.3) is 0 Å². The van der Waals surface area contributed by atoms with E-state index in [1.807, 2.05) is 12.3 Å². The van der Waals surface area contributed by atoms with E-state index < -0.39 is 0 Å². The van der Waals surface area contributed by atoms with Crippen molar-refractivity contribution in [1.82, 2.24) is 9.78 Å². The third kappa shape index (κ3) is 1.68. The van der Waals surface area contributed by atoms with Gasteiger partial charge in [0.1, 0.15) is 0 Å². The first-order valence-corrected chi connectivity index (χ1v) is 4.82. The molecule has 2 heteroatoms. The largest absolute Gasteiger partial charge is 0.272 e. The highest BCUT2D eigenvalue weighted by Gasteiger charge is 2.21. The third-order valence-electron chi connectivity index (χ3n) is 2.81. The van der Waals surface area contributed by atoms with Gasteiger partial charge in [0.15, 0.2) is 0 Å². The molecule has 1 aromatic rings. The zero-order chi connectivity index (χ0) is 8.39. The molecule has 0 aromatic carbocycles. The average molecular weight is 164 g/mol. The fraction of sp³-hybridized carbons (Fsp3) is 0.700. The van der Waals surface area contributed by atoms with Crippen molar-refractivity contribution in [3.05, 3.63) is 18.5 Å². The monoisotopic (exact) mass is 164 g/mol. The standard InChI is InChI=1S/C10H16N2/c1-9-3-4-10(7-9)8-12-6-2-5-11-12/h2,5-6,9-10H,3-4,7-8H2,1H3. The Bertz CT molecular complexity index is 228. The molecule has 0 amide bonds. The molecule has 0 spiro atoms. The first-order valence-electron chi connectivity index (χ1n) is 4.82. The average Bonchev–Trinajstić information content (AvgIpc) is 2.63. The lowest BCUT2D eigenvalue weighted by Gasteiger charge is -2.08. The molecule has 2 unspecified atom stereocenters. The van der Waals surface area contributed by atoms with Crippen LogP contribution in [-0.4, -0.2) is 9.78 Å². The van der Waals surface area contributed by atoms with Gasteiger partial charge in [0, 0.05) is 18.9 Å². The predicted molar refractivity (Wildman–Crippen MR) is 48.7 cm³/mol. The van der Waals surface area contributed by atoms with Gasteiger partial charge in [-0.3, -0.25) is 4.68 Å². The quantitative estimate of drug-likeness (QED) is 0.656. The van der Waals surface area contributed by atoms with Gasteiger partial charge in [0.05, 0.1) is 0 Å². The second kappa shape index (κ2) is 3.30. The summed E-state index contributed by atoms with van der Waals surface area (Å²) in [6.07, 6.45) is 8.11. The molecular weight excluding hydrogens is 148 g/mol. The van der Waals surface area contributed by atoms with E-state index in [9.17, 15) is 0 Å². The van der Waals surface area contributed by atoms with E-state index in [1.54, 1.807) is 0 Å². The first-order chi connectivity index (χ1) is 5.84. The Morgan fingerprint density at radius 3 is 3.00 bits per heavy atom. The Balaban J connectivity index is 1.88. The van der Waals surface area contributed by atoms with Gasteiger partial charge < -0.3 is 0 Å². The maximum absolute atomic E-state index is 4.22. The van der Waals surface area contributed by atoms with Crippen molar-refractivity contribution in [1.29, 1.82) is 0 Å². The van der Waals surface area contributed by atoms with Crippen molar-refractivity contribution < 1.29 is 0 Å². The van der Waals surface area contributed by atoms with E-state index in [-0.39, 0.29) is 0 Å². The van der Waals surface area contributed by atoms with Gasteiger partial charge >= 0.3 is 0 Å². The Labute approximate surface area is 73.6 Å². The number of nitrogens with zero attached hydrogens (tertiary/aromatic N) is 2. The molecule has 2 rings (SSSR count). The molecule has 1 aliphatic carbocycles. The Morgan fingerprint density at radius 1 is 1.50 bits per heavy atom. The third-order valence-corrected chi connectivity index (χ3v) is 2.81. The zero-order valence-corrected chi connectivity index (χ0v) is 7.61. The molecule has 12 heavy (non-hydrogen) atoms. The molecule has 2 atom stereocenters.